The molecule has 2 atom stereocenters. The summed E-state index contributed by atoms with van der Waals surface area (Å²) in [7, 11) is 0. The van der Waals surface area contributed by atoms with Gasteiger partial charge in [0.25, 0.3) is 0 Å². The lowest BCUT2D eigenvalue weighted by Gasteiger charge is -2.40. The van der Waals surface area contributed by atoms with Gasteiger partial charge < -0.3 is 5.32 Å². The van der Waals surface area contributed by atoms with Crippen molar-refractivity contribution in [3.8, 4) is 0 Å². The van der Waals surface area contributed by atoms with Gasteiger partial charge >= 0.3 is 0 Å². The lowest BCUT2D eigenvalue weighted by atomic mass is 10.0. The van der Waals surface area contributed by atoms with Crippen molar-refractivity contribution in [1.82, 2.24) is 10.2 Å². The number of halogens is 1. The maximum absolute atomic E-state index is 13.6. The third-order valence-corrected chi connectivity index (χ3v) is 4.20. The predicted molar refractivity (Wildman–Crippen MR) is 77.7 cm³/mol. The fourth-order valence-electron chi connectivity index (χ4n) is 2.77. The molecule has 0 saturated carbocycles. The van der Waals surface area contributed by atoms with Crippen molar-refractivity contribution in [3.63, 3.8) is 0 Å². The number of nitrogens with zero attached hydrogens (tertiary/aromatic N) is 1. The van der Waals surface area contributed by atoms with Gasteiger partial charge in [-0.2, -0.15) is 0 Å². The molecule has 0 aliphatic carbocycles. The molecule has 2 rings (SSSR count). The largest absolute Gasteiger partial charge is 0.311 e. The Morgan fingerprint density at radius 2 is 2.11 bits per heavy atom. The second-order valence-corrected chi connectivity index (χ2v) is 5.59. The van der Waals surface area contributed by atoms with Crippen molar-refractivity contribution in [1.29, 1.82) is 0 Å². The van der Waals surface area contributed by atoms with Crippen LogP contribution < -0.4 is 5.32 Å². The molecule has 1 aliphatic rings. The number of rotatable bonds is 4. The highest BCUT2D eigenvalue weighted by atomic mass is 19.1. The first-order valence-electron chi connectivity index (χ1n) is 7.36. The highest BCUT2D eigenvalue weighted by molar-refractivity contribution is 5.23. The van der Waals surface area contributed by atoms with Crippen LogP contribution in [0.25, 0.3) is 0 Å². The van der Waals surface area contributed by atoms with Crippen LogP contribution >= 0.6 is 0 Å². The molecule has 0 aromatic heterocycles. The van der Waals surface area contributed by atoms with Crippen LogP contribution in [0.4, 0.5) is 4.39 Å². The Balaban J connectivity index is 2.07. The standard InChI is InChI=1S/C16H25FN2/c1-4-14-11-19(15(5-2)9-18-14)10-13-7-6-12(3)16(17)8-13/h6-8,14-15,18H,4-5,9-11H2,1-3H3. The van der Waals surface area contributed by atoms with E-state index in [0.29, 0.717) is 12.1 Å². The molecule has 0 amide bonds. The van der Waals surface area contributed by atoms with Gasteiger partial charge in [0.1, 0.15) is 5.82 Å². The van der Waals surface area contributed by atoms with Gasteiger partial charge in [0.05, 0.1) is 0 Å². The first kappa shape index (κ1) is 14.5. The topological polar surface area (TPSA) is 15.3 Å². The van der Waals surface area contributed by atoms with E-state index < -0.39 is 0 Å². The van der Waals surface area contributed by atoms with E-state index in [1.165, 1.54) is 0 Å². The fourth-order valence-corrected chi connectivity index (χ4v) is 2.77. The number of aryl methyl sites for hydroxylation is 1. The van der Waals surface area contributed by atoms with Crippen LogP contribution in [-0.2, 0) is 6.54 Å². The number of hydrogen-bond donors (Lipinski definition) is 1. The predicted octanol–water partition coefficient (Wildman–Crippen LogP) is 3.10. The third-order valence-electron chi connectivity index (χ3n) is 4.20. The van der Waals surface area contributed by atoms with E-state index in [0.717, 1.165) is 43.6 Å². The molecule has 1 heterocycles. The smallest absolute Gasteiger partial charge is 0.126 e. The third kappa shape index (κ3) is 3.54. The van der Waals surface area contributed by atoms with Crippen molar-refractivity contribution in [2.24, 2.45) is 0 Å². The normalized spacial score (nSPS) is 24.6. The van der Waals surface area contributed by atoms with E-state index >= 15 is 0 Å². The quantitative estimate of drug-likeness (QED) is 0.899. The minimum absolute atomic E-state index is 0.0901. The van der Waals surface area contributed by atoms with Crippen LogP contribution in [0.1, 0.15) is 37.8 Å². The van der Waals surface area contributed by atoms with E-state index in [1.54, 1.807) is 6.07 Å². The van der Waals surface area contributed by atoms with Crippen LogP contribution in [0, 0.1) is 12.7 Å². The number of piperazine rings is 1. The van der Waals surface area contributed by atoms with Crippen molar-refractivity contribution in [2.45, 2.75) is 52.2 Å². The van der Waals surface area contributed by atoms with E-state index in [2.05, 4.69) is 24.1 Å². The average molecular weight is 264 g/mol. The van der Waals surface area contributed by atoms with Gasteiger partial charge in [0.2, 0.25) is 0 Å². The van der Waals surface area contributed by atoms with E-state index in [9.17, 15) is 4.39 Å². The Morgan fingerprint density at radius 1 is 1.32 bits per heavy atom. The lowest BCUT2D eigenvalue weighted by molar-refractivity contribution is 0.117. The SMILES string of the molecule is CCC1CN(Cc2ccc(C)c(F)c2)C(CC)CN1. The summed E-state index contributed by atoms with van der Waals surface area (Å²) in [6.07, 6.45) is 2.28. The molecule has 106 valence electrons. The number of nitrogens with one attached hydrogen (secondary N) is 1. The minimum Gasteiger partial charge on any atom is -0.311 e. The lowest BCUT2D eigenvalue weighted by Crippen LogP contribution is -2.55. The summed E-state index contributed by atoms with van der Waals surface area (Å²) in [5.74, 6) is -0.0901. The molecule has 2 nitrogen and oxygen atoms in total. The van der Waals surface area contributed by atoms with Gasteiger partial charge in [0, 0.05) is 31.7 Å². The first-order chi connectivity index (χ1) is 9.13. The van der Waals surface area contributed by atoms with Gasteiger partial charge in [-0.05, 0) is 37.0 Å². The number of hydrogen-bond acceptors (Lipinski definition) is 2. The second-order valence-electron chi connectivity index (χ2n) is 5.59. The molecular formula is C16H25FN2. The molecule has 0 spiro atoms. The maximum atomic E-state index is 13.6. The van der Waals surface area contributed by atoms with Crippen molar-refractivity contribution in [3.05, 3.63) is 35.1 Å². The van der Waals surface area contributed by atoms with Crippen molar-refractivity contribution < 1.29 is 4.39 Å². The molecule has 1 aromatic rings. The first-order valence-corrected chi connectivity index (χ1v) is 7.36. The highest BCUT2D eigenvalue weighted by Gasteiger charge is 2.25. The Morgan fingerprint density at radius 3 is 2.74 bits per heavy atom. The van der Waals surface area contributed by atoms with Crippen LogP contribution in [0.15, 0.2) is 18.2 Å². The molecule has 2 unspecified atom stereocenters. The van der Waals surface area contributed by atoms with E-state index in [1.807, 2.05) is 19.1 Å². The van der Waals surface area contributed by atoms with E-state index in [-0.39, 0.29) is 5.82 Å². The zero-order valence-electron chi connectivity index (χ0n) is 12.2. The summed E-state index contributed by atoms with van der Waals surface area (Å²) >= 11 is 0. The molecule has 1 aromatic carbocycles. The average Bonchev–Trinajstić information content (AvgIpc) is 2.43. The highest BCUT2D eigenvalue weighted by Crippen LogP contribution is 2.17. The molecule has 1 aliphatic heterocycles. The van der Waals surface area contributed by atoms with Gasteiger partial charge in [0.15, 0.2) is 0 Å². The van der Waals surface area contributed by atoms with E-state index in [4.69, 9.17) is 0 Å². The van der Waals surface area contributed by atoms with Gasteiger partial charge in [-0.15, -0.1) is 0 Å². The van der Waals surface area contributed by atoms with Crippen LogP contribution in [-0.4, -0.2) is 30.1 Å². The van der Waals surface area contributed by atoms with Crippen LogP contribution in [0.2, 0.25) is 0 Å². The van der Waals surface area contributed by atoms with Crippen LogP contribution in [0.5, 0.6) is 0 Å². The maximum Gasteiger partial charge on any atom is 0.126 e. The zero-order valence-corrected chi connectivity index (χ0v) is 12.2. The summed E-state index contributed by atoms with van der Waals surface area (Å²) in [5, 5.41) is 3.59. The summed E-state index contributed by atoms with van der Waals surface area (Å²) in [4.78, 5) is 2.49. The molecule has 3 heteroatoms. The molecule has 19 heavy (non-hydrogen) atoms. The molecule has 0 radical (unpaired) electrons. The molecule has 0 bridgehead atoms. The Hall–Kier alpha value is -0.930. The van der Waals surface area contributed by atoms with Gasteiger partial charge in [-0.3, -0.25) is 4.90 Å². The Kier molecular flexibility index (Phi) is 4.94. The summed E-state index contributed by atoms with van der Waals surface area (Å²) in [6.45, 7) is 9.21. The molecule has 1 fully saturated rings. The summed E-state index contributed by atoms with van der Waals surface area (Å²) in [6, 6.07) is 6.75. The summed E-state index contributed by atoms with van der Waals surface area (Å²) in [5.41, 5.74) is 1.81. The monoisotopic (exact) mass is 264 g/mol. The Bertz CT molecular complexity index is 419. The fraction of sp³-hybridized carbons (Fsp3) is 0.625. The second kappa shape index (κ2) is 6.49. The van der Waals surface area contributed by atoms with Crippen molar-refractivity contribution >= 4 is 0 Å². The minimum atomic E-state index is -0.0901. The zero-order chi connectivity index (χ0) is 13.8. The Labute approximate surface area is 116 Å². The van der Waals surface area contributed by atoms with Gasteiger partial charge in [-0.1, -0.05) is 26.0 Å². The van der Waals surface area contributed by atoms with Crippen molar-refractivity contribution in [2.75, 3.05) is 13.1 Å². The molecular weight excluding hydrogens is 239 g/mol. The summed E-state index contributed by atoms with van der Waals surface area (Å²) < 4.78 is 13.6. The molecule has 1 N–H and O–H groups in total. The molecule has 1 saturated heterocycles. The van der Waals surface area contributed by atoms with Crippen LogP contribution in [0.3, 0.4) is 0 Å². The van der Waals surface area contributed by atoms with Gasteiger partial charge in [-0.25, -0.2) is 4.39 Å². The number of benzene rings is 1.